The van der Waals surface area contributed by atoms with Gasteiger partial charge in [-0.15, -0.1) is 11.3 Å². The molecule has 1 heteroatoms. The molecule has 1 heterocycles. The smallest absolute Gasteiger partial charge is 0.0110 e. The van der Waals surface area contributed by atoms with Crippen LogP contribution in [0.2, 0.25) is 0 Å². The monoisotopic (exact) mass is 238 g/mol. The largest absolute Gasteiger partial charge is 0.144 e. The Morgan fingerprint density at radius 1 is 0.750 bits per heavy atom. The molecule has 0 nitrogen and oxygen atoms in total. The summed E-state index contributed by atoms with van der Waals surface area (Å²) in [6.07, 6.45) is 0. The topological polar surface area (TPSA) is 0 Å². The Hall–Kier alpha value is -0.300. The molecule has 1 aromatic heterocycles. The minimum Gasteiger partial charge on any atom is -0.144 e. The molecule has 0 saturated heterocycles. The van der Waals surface area contributed by atoms with Gasteiger partial charge in [-0.25, -0.2) is 0 Å². The van der Waals surface area contributed by atoms with Crippen LogP contribution in [0.5, 0.6) is 0 Å². The quantitative estimate of drug-likeness (QED) is 0.617. The summed E-state index contributed by atoms with van der Waals surface area (Å²) in [5.41, 5.74) is 0.811. The van der Waals surface area contributed by atoms with E-state index in [4.69, 9.17) is 0 Å². The van der Waals surface area contributed by atoms with E-state index in [0.29, 0.717) is 5.41 Å². The second-order valence-corrected chi connectivity index (χ2v) is 8.37. The first kappa shape index (κ1) is 13.8. The zero-order valence-corrected chi connectivity index (χ0v) is 12.9. The molecule has 1 rings (SSSR count). The number of thiophene rings is 1. The van der Waals surface area contributed by atoms with Gasteiger partial charge in [0.05, 0.1) is 0 Å². The van der Waals surface area contributed by atoms with Crippen molar-refractivity contribution >= 4 is 11.3 Å². The lowest BCUT2D eigenvalue weighted by molar-refractivity contribution is 0.230. The molecule has 92 valence electrons. The van der Waals surface area contributed by atoms with Crippen LogP contribution in [0, 0.1) is 5.41 Å². The maximum atomic E-state index is 2.35. The Bertz CT molecular complexity index is 356. The summed E-state index contributed by atoms with van der Waals surface area (Å²) in [7, 11) is 0. The van der Waals surface area contributed by atoms with Gasteiger partial charge in [-0.1, -0.05) is 55.4 Å². The minimum absolute atomic E-state index is 0.237. The molecule has 0 aliphatic rings. The van der Waals surface area contributed by atoms with Crippen LogP contribution in [-0.4, -0.2) is 0 Å². The summed E-state index contributed by atoms with van der Waals surface area (Å²) >= 11 is 1.97. The van der Waals surface area contributed by atoms with E-state index in [1.807, 2.05) is 11.3 Å². The van der Waals surface area contributed by atoms with Crippen molar-refractivity contribution in [2.24, 2.45) is 5.41 Å². The normalized spacial score (nSPS) is 14.2. The average Bonchev–Trinajstić information content (AvgIpc) is 2.47. The third kappa shape index (κ3) is 2.51. The lowest BCUT2D eigenvalue weighted by Gasteiger charge is -2.38. The molecule has 0 unspecified atom stereocenters. The fourth-order valence-electron chi connectivity index (χ4n) is 1.45. The lowest BCUT2D eigenvalue weighted by Crippen LogP contribution is -2.33. The van der Waals surface area contributed by atoms with Gasteiger partial charge in [0.15, 0.2) is 0 Å². The van der Waals surface area contributed by atoms with Gasteiger partial charge in [-0.3, -0.25) is 0 Å². The maximum absolute atomic E-state index is 2.35. The summed E-state index contributed by atoms with van der Waals surface area (Å²) in [4.78, 5) is 2.99. The number of hydrogen-bond donors (Lipinski definition) is 0. The molecule has 0 saturated carbocycles. The molecule has 0 amide bonds. The fourth-order valence-corrected chi connectivity index (χ4v) is 2.82. The summed E-state index contributed by atoms with van der Waals surface area (Å²) in [6.45, 7) is 18.5. The van der Waals surface area contributed by atoms with Crippen molar-refractivity contribution < 1.29 is 0 Å². The van der Waals surface area contributed by atoms with E-state index in [2.05, 4.69) is 67.5 Å². The zero-order valence-electron chi connectivity index (χ0n) is 12.1. The van der Waals surface area contributed by atoms with Crippen molar-refractivity contribution in [3.63, 3.8) is 0 Å². The first-order chi connectivity index (χ1) is 6.96. The van der Waals surface area contributed by atoms with Gasteiger partial charge < -0.3 is 0 Å². The van der Waals surface area contributed by atoms with Gasteiger partial charge in [0.2, 0.25) is 0 Å². The van der Waals surface area contributed by atoms with E-state index in [1.165, 1.54) is 9.75 Å². The highest BCUT2D eigenvalue weighted by Crippen LogP contribution is 2.45. The van der Waals surface area contributed by atoms with Gasteiger partial charge in [0.1, 0.15) is 0 Å². The van der Waals surface area contributed by atoms with Crippen LogP contribution in [0.1, 0.15) is 65.1 Å². The maximum Gasteiger partial charge on any atom is 0.0110 e. The Balaban J connectivity index is 3.13. The van der Waals surface area contributed by atoms with Gasteiger partial charge in [-0.05, 0) is 23.0 Å². The molecule has 0 fully saturated rings. The van der Waals surface area contributed by atoms with Crippen molar-refractivity contribution in [1.29, 1.82) is 0 Å². The first-order valence-corrected chi connectivity index (χ1v) is 6.89. The van der Waals surface area contributed by atoms with Crippen molar-refractivity contribution in [1.82, 2.24) is 0 Å². The third-order valence-electron chi connectivity index (χ3n) is 3.84. The molecule has 0 atom stereocenters. The molecule has 0 radical (unpaired) electrons. The number of rotatable bonds is 1. The Morgan fingerprint density at radius 2 is 1.19 bits per heavy atom. The molecule has 0 aromatic carbocycles. The van der Waals surface area contributed by atoms with Crippen molar-refractivity contribution in [3.05, 3.63) is 21.9 Å². The van der Waals surface area contributed by atoms with E-state index in [9.17, 15) is 0 Å². The third-order valence-corrected chi connectivity index (χ3v) is 5.67. The predicted octanol–water partition coefficient (Wildman–Crippen LogP) is 5.37. The van der Waals surface area contributed by atoms with Crippen LogP contribution in [0.3, 0.4) is 0 Å². The molecule has 0 spiro atoms. The summed E-state index contributed by atoms with van der Waals surface area (Å²) in [6, 6.07) is 4.62. The molecule has 16 heavy (non-hydrogen) atoms. The van der Waals surface area contributed by atoms with Gasteiger partial charge >= 0.3 is 0 Å². The molecule has 0 N–H and O–H groups in total. The minimum atomic E-state index is 0.237. The fraction of sp³-hybridized carbons (Fsp3) is 0.733. The Labute approximate surface area is 105 Å². The van der Waals surface area contributed by atoms with E-state index < -0.39 is 0 Å². The number of hydrogen-bond acceptors (Lipinski definition) is 1. The molecule has 1 aromatic rings. The average molecular weight is 238 g/mol. The summed E-state index contributed by atoms with van der Waals surface area (Å²) in [5, 5.41) is 0. The van der Waals surface area contributed by atoms with E-state index in [0.717, 1.165) is 0 Å². The molecular weight excluding hydrogens is 212 g/mol. The van der Waals surface area contributed by atoms with Gasteiger partial charge in [0.25, 0.3) is 0 Å². The van der Waals surface area contributed by atoms with Crippen LogP contribution >= 0.6 is 11.3 Å². The first-order valence-electron chi connectivity index (χ1n) is 6.07. The van der Waals surface area contributed by atoms with Crippen LogP contribution < -0.4 is 0 Å². The van der Waals surface area contributed by atoms with Crippen molar-refractivity contribution in [2.75, 3.05) is 0 Å². The van der Waals surface area contributed by atoms with Crippen LogP contribution in [0.4, 0.5) is 0 Å². The molecule has 0 bridgehead atoms. The highest BCUT2D eigenvalue weighted by Gasteiger charge is 2.36. The highest BCUT2D eigenvalue weighted by atomic mass is 32.1. The van der Waals surface area contributed by atoms with Crippen molar-refractivity contribution in [3.8, 4) is 0 Å². The van der Waals surface area contributed by atoms with Crippen LogP contribution in [0.25, 0.3) is 0 Å². The van der Waals surface area contributed by atoms with Crippen LogP contribution in [0.15, 0.2) is 12.1 Å². The molecule has 0 aliphatic carbocycles. The van der Waals surface area contributed by atoms with Crippen molar-refractivity contribution in [2.45, 2.75) is 66.2 Å². The van der Waals surface area contributed by atoms with Crippen LogP contribution in [-0.2, 0) is 10.8 Å². The van der Waals surface area contributed by atoms with E-state index in [-0.39, 0.29) is 10.8 Å². The zero-order chi connectivity index (χ0) is 12.8. The van der Waals surface area contributed by atoms with Gasteiger partial charge in [-0.2, -0.15) is 0 Å². The predicted molar refractivity (Wildman–Crippen MR) is 75.5 cm³/mol. The Kier molecular flexibility index (Phi) is 3.33. The summed E-state index contributed by atoms with van der Waals surface area (Å²) in [5.74, 6) is 0. The summed E-state index contributed by atoms with van der Waals surface area (Å²) < 4.78 is 0. The van der Waals surface area contributed by atoms with E-state index in [1.54, 1.807) is 0 Å². The standard InChI is InChI=1S/C15H26S/c1-13(2,3)11-9-10-12(16-11)15(7,8)14(4,5)6/h9-10H,1-8H3. The second-order valence-electron chi connectivity index (χ2n) is 7.29. The Morgan fingerprint density at radius 3 is 1.50 bits per heavy atom. The second kappa shape index (κ2) is 3.87. The molecule has 0 aliphatic heterocycles. The highest BCUT2D eigenvalue weighted by molar-refractivity contribution is 7.12. The SMILES string of the molecule is CC(C)(C)c1ccc(C(C)(C)C(C)(C)C)s1. The van der Waals surface area contributed by atoms with E-state index >= 15 is 0 Å². The van der Waals surface area contributed by atoms with Gasteiger partial charge in [0, 0.05) is 15.2 Å². The lowest BCUT2D eigenvalue weighted by atomic mass is 9.68. The molecular formula is C15H26S.